The van der Waals surface area contributed by atoms with Crippen LogP contribution in [0.1, 0.15) is 96.0 Å². The molecule has 2 aliphatic rings. The molecule has 12 heteroatoms. The van der Waals surface area contributed by atoms with Crippen LogP contribution < -0.4 is 0 Å². The predicted octanol–water partition coefficient (Wildman–Crippen LogP) is 7.86. The van der Waals surface area contributed by atoms with E-state index < -0.39 is 0 Å². The van der Waals surface area contributed by atoms with Gasteiger partial charge in [0.25, 0.3) is 0 Å². The SMILES string of the molecule is C=Cc1c(C)c2cc3nc(c(C)c4nc(cc5[nH]c(cc1[nH]2)c(C)c5CC)C(C)=C4)[C@@H](CCC(=O)N(CCOCCOCCOC)CCOCCOCCOC)[C@@H]3C. The number of methoxy groups -OCH3 is 2. The molecular weight excluding hydrogens is 735 g/mol. The highest BCUT2D eigenvalue weighted by atomic mass is 16.5. The number of allylic oxidation sites excluding steroid dienone is 1. The van der Waals surface area contributed by atoms with Gasteiger partial charge in [-0.1, -0.05) is 26.5 Å². The Labute approximate surface area is 344 Å². The van der Waals surface area contributed by atoms with Crippen LogP contribution in [-0.4, -0.2) is 124 Å². The molecule has 0 saturated carbocycles. The highest BCUT2D eigenvalue weighted by molar-refractivity contribution is 5.86. The van der Waals surface area contributed by atoms with E-state index in [4.69, 9.17) is 38.4 Å². The number of fused-ring (bicyclic) bond motifs is 8. The molecule has 1 amide bonds. The number of aromatic amines is 2. The van der Waals surface area contributed by atoms with Crippen LogP contribution in [0, 0.1) is 20.8 Å². The molecular formula is C46H65N5O7. The normalized spacial score (nSPS) is 15.2. The van der Waals surface area contributed by atoms with Crippen LogP contribution in [0.3, 0.4) is 0 Å². The lowest BCUT2D eigenvalue weighted by atomic mass is 9.85. The van der Waals surface area contributed by atoms with Crippen molar-refractivity contribution in [3.05, 3.63) is 75.4 Å². The van der Waals surface area contributed by atoms with E-state index in [0.29, 0.717) is 92.0 Å². The summed E-state index contributed by atoms with van der Waals surface area (Å²) in [6.45, 7) is 22.8. The monoisotopic (exact) mass is 799 g/mol. The number of carbonyl (C=O) groups excluding carboxylic acids is 1. The standard InChI is InChI=1S/C46H65N5O7/c1-10-35-32(5)41-29-44-36(11-2)31(4)40(48-44)28-42-33(6)37(46(50-42)34(7)39-26-30(3)38(47-39)27-43(35)49-41)12-13-45(52)51(14-16-55-22-24-57-20-18-53-8)15-17-56-23-25-58-21-19-54-9/h11,26-29,33,37,48-49H,2,10,12-25H2,1,3-9H3/t33-,37-/m0/s1. The largest absolute Gasteiger partial charge is 0.382 e. The highest BCUT2D eigenvalue weighted by Crippen LogP contribution is 2.42. The topological polar surface area (TPSA) is 133 Å². The van der Waals surface area contributed by atoms with E-state index in [0.717, 1.165) is 73.5 Å². The lowest BCUT2D eigenvalue weighted by Gasteiger charge is -2.24. The number of hydrogen-bond donors (Lipinski definition) is 2. The first kappa shape index (κ1) is 44.9. The van der Waals surface area contributed by atoms with Crippen molar-refractivity contribution in [3.63, 3.8) is 0 Å². The van der Waals surface area contributed by atoms with Gasteiger partial charge in [-0.15, -0.1) is 0 Å². The molecule has 0 unspecified atom stereocenters. The summed E-state index contributed by atoms with van der Waals surface area (Å²) in [5.41, 5.74) is 14.8. The first-order valence-electron chi connectivity index (χ1n) is 20.7. The van der Waals surface area contributed by atoms with Crippen LogP contribution >= 0.6 is 0 Å². The summed E-state index contributed by atoms with van der Waals surface area (Å²) in [5.74, 6) is 0.134. The van der Waals surface area contributed by atoms with Crippen molar-refractivity contribution in [2.45, 2.75) is 72.6 Å². The summed E-state index contributed by atoms with van der Waals surface area (Å²) in [6.07, 6.45) is 5.98. The predicted molar refractivity (Wildman–Crippen MR) is 232 cm³/mol. The van der Waals surface area contributed by atoms with E-state index in [9.17, 15) is 4.79 Å². The molecule has 3 aromatic rings. The molecule has 0 radical (unpaired) electrons. The molecule has 0 aromatic carbocycles. The minimum absolute atomic E-state index is 0.0123. The maximum atomic E-state index is 14.0. The number of carbonyl (C=O) groups is 1. The fourth-order valence-corrected chi connectivity index (χ4v) is 7.76. The number of hydrogen-bond acceptors (Lipinski definition) is 9. The highest BCUT2D eigenvalue weighted by Gasteiger charge is 2.32. The molecule has 5 heterocycles. The van der Waals surface area contributed by atoms with Gasteiger partial charge in [0.05, 0.1) is 77.5 Å². The second kappa shape index (κ2) is 22.3. The van der Waals surface area contributed by atoms with Crippen molar-refractivity contribution in [2.24, 2.45) is 0 Å². The van der Waals surface area contributed by atoms with Gasteiger partial charge in [0, 0.05) is 84.6 Å². The number of aromatic nitrogens is 4. The number of rotatable bonds is 23. The summed E-state index contributed by atoms with van der Waals surface area (Å²) in [5, 5.41) is 0. The van der Waals surface area contributed by atoms with Gasteiger partial charge in [0.2, 0.25) is 5.91 Å². The molecule has 0 spiro atoms. The van der Waals surface area contributed by atoms with E-state index >= 15 is 0 Å². The van der Waals surface area contributed by atoms with Crippen LogP contribution in [0.15, 0.2) is 24.8 Å². The lowest BCUT2D eigenvalue weighted by Crippen LogP contribution is -2.37. The zero-order valence-electron chi connectivity index (χ0n) is 36.1. The average Bonchev–Trinajstić information content (AvgIpc) is 3.92. The third kappa shape index (κ3) is 11.3. The van der Waals surface area contributed by atoms with Crippen molar-refractivity contribution < 1.29 is 33.2 Å². The molecule has 5 rings (SSSR count). The number of nitrogens with zero attached hydrogens (tertiary/aromatic N) is 3. The van der Waals surface area contributed by atoms with E-state index in [1.807, 2.05) is 11.0 Å². The number of aryl methyl sites for hydroxylation is 3. The Morgan fingerprint density at radius 2 is 1.34 bits per heavy atom. The van der Waals surface area contributed by atoms with Crippen LogP contribution in [0.5, 0.6) is 0 Å². The van der Waals surface area contributed by atoms with E-state index in [1.165, 1.54) is 11.1 Å². The third-order valence-corrected chi connectivity index (χ3v) is 11.3. The summed E-state index contributed by atoms with van der Waals surface area (Å²) in [6, 6.07) is 6.54. The van der Waals surface area contributed by atoms with Crippen molar-refractivity contribution in [2.75, 3.05) is 93.4 Å². The molecule has 0 saturated heterocycles. The molecule has 58 heavy (non-hydrogen) atoms. The smallest absolute Gasteiger partial charge is 0.222 e. The number of H-pyrrole nitrogens is 2. The fraction of sp³-hybridized carbons (Fsp3) is 0.543. The Morgan fingerprint density at radius 3 is 1.95 bits per heavy atom. The maximum absolute atomic E-state index is 14.0. The zero-order valence-corrected chi connectivity index (χ0v) is 36.1. The Kier molecular flexibility index (Phi) is 17.2. The molecule has 12 nitrogen and oxygen atoms in total. The van der Waals surface area contributed by atoms with Crippen LogP contribution in [-0.2, 0) is 39.6 Å². The number of ether oxygens (including phenoxy) is 6. The Balaban J connectivity index is 1.44. The first-order valence-corrected chi connectivity index (χ1v) is 20.7. The summed E-state index contributed by atoms with van der Waals surface area (Å²) in [4.78, 5) is 33.8. The van der Waals surface area contributed by atoms with Gasteiger partial charge in [-0.05, 0) is 92.6 Å². The lowest BCUT2D eigenvalue weighted by molar-refractivity contribution is -0.133. The first-order chi connectivity index (χ1) is 28.1. The van der Waals surface area contributed by atoms with Gasteiger partial charge in [0.1, 0.15) is 0 Å². The summed E-state index contributed by atoms with van der Waals surface area (Å²) >= 11 is 0. The molecule has 316 valence electrons. The molecule has 2 atom stereocenters. The van der Waals surface area contributed by atoms with Crippen LogP contribution in [0.25, 0.3) is 39.8 Å². The molecule has 0 aliphatic carbocycles. The van der Waals surface area contributed by atoms with E-state index in [2.05, 4.69) is 82.4 Å². The van der Waals surface area contributed by atoms with E-state index in [1.54, 1.807) is 14.2 Å². The zero-order chi connectivity index (χ0) is 41.6. The fourth-order valence-electron chi connectivity index (χ4n) is 7.76. The van der Waals surface area contributed by atoms with Crippen molar-refractivity contribution in [3.8, 4) is 0 Å². The van der Waals surface area contributed by atoms with Gasteiger partial charge in [-0.3, -0.25) is 9.78 Å². The Morgan fingerprint density at radius 1 is 0.759 bits per heavy atom. The molecule has 0 fully saturated rings. The van der Waals surface area contributed by atoms with Crippen LogP contribution in [0.2, 0.25) is 0 Å². The van der Waals surface area contributed by atoms with Gasteiger partial charge in [0.15, 0.2) is 0 Å². The Bertz CT molecular complexity index is 2030. The quantitative estimate of drug-likeness (QED) is 0.0921. The maximum Gasteiger partial charge on any atom is 0.222 e. The van der Waals surface area contributed by atoms with E-state index in [-0.39, 0.29) is 17.7 Å². The molecule has 2 N–H and O–H groups in total. The molecule has 8 bridgehead atoms. The van der Waals surface area contributed by atoms with Crippen molar-refractivity contribution >= 4 is 45.7 Å². The molecule has 2 aliphatic heterocycles. The van der Waals surface area contributed by atoms with Crippen molar-refractivity contribution in [1.82, 2.24) is 24.8 Å². The average molecular weight is 800 g/mol. The second-order valence-corrected chi connectivity index (χ2v) is 15.0. The second-order valence-electron chi connectivity index (χ2n) is 15.0. The number of nitrogens with one attached hydrogen (secondary N) is 2. The Hall–Kier alpha value is -4.17. The summed E-state index contributed by atoms with van der Waals surface area (Å²) in [7, 11) is 3.29. The van der Waals surface area contributed by atoms with Crippen molar-refractivity contribution in [1.29, 1.82) is 0 Å². The van der Waals surface area contributed by atoms with Gasteiger partial charge >= 0.3 is 0 Å². The minimum Gasteiger partial charge on any atom is -0.382 e. The third-order valence-electron chi connectivity index (χ3n) is 11.3. The van der Waals surface area contributed by atoms with Gasteiger partial charge < -0.3 is 43.3 Å². The minimum atomic E-state index is 0.0123. The molecule has 3 aromatic heterocycles. The summed E-state index contributed by atoms with van der Waals surface area (Å²) < 4.78 is 32.8. The number of amides is 1. The van der Waals surface area contributed by atoms with Crippen LogP contribution in [0.4, 0.5) is 0 Å². The van der Waals surface area contributed by atoms with Gasteiger partial charge in [-0.2, -0.15) is 0 Å². The van der Waals surface area contributed by atoms with Gasteiger partial charge in [-0.25, -0.2) is 4.98 Å².